The number of anilines is 1. The number of hydrogen-bond acceptors (Lipinski definition) is 4. The molecule has 0 bridgehead atoms. The molecule has 3 aromatic rings. The van der Waals surface area contributed by atoms with E-state index in [-0.39, 0.29) is 6.03 Å². The Hall–Kier alpha value is -2.50. The predicted octanol–water partition coefficient (Wildman–Crippen LogP) is 4.99. The van der Waals surface area contributed by atoms with E-state index in [1.807, 2.05) is 6.07 Å². The second kappa shape index (κ2) is 9.99. The number of nitrogens with zero attached hydrogens (tertiary/aromatic N) is 3. The number of benzene rings is 2. The third-order valence-electron chi connectivity index (χ3n) is 6.99. The van der Waals surface area contributed by atoms with Gasteiger partial charge in [-0.1, -0.05) is 12.1 Å². The second-order valence-corrected chi connectivity index (χ2v) is 10.4. The van der Waals surface area contributed by atoms with Gasteiger partial charge in [-0.15, -0.1) is 0 Å². The Labute approximate surface area is 224 Å². The monoisotopic (exact) mass is 575 g/mol. The van der Waals surface area contributed by atoms with Crippen LogP contribution in [0.1, 0.15) is 36.0 Å². The first-order chi connectivity index (χ1) is 17.5. The first kappa shape index (κ1) is 26.1. The fraction of sp³-hybridized carbons (Fsp3) is 0.346. The summed E-state index contributed by atoms with van der Waals surface area (Å²) in [5, 5.41) is 15.3. The van der Waals surface area contributed by atoms with Crippen LogP contribution in [0.4, 0.5) is 23.7 Å². The predicted molar refractivity (Wildman–Crippen MR) is 132 cm³/mol. The van der Waals surface area contributed by atoms with Gasteiger partial charge in [-0.05, 0) is 17.7 Å². The van der Waals surface area contributed by atoms with Gasteiger partial charge in [0.15, 0.2) is 0 Å². The first-order valence-corrected chi connectivity index (χ1v) is 12.7. The number of carbonyl (C=O) groups is 1. The molecule has 2 saturated heterocycles. The van der Waals surface area contributed by atoms with Crippen LogP contribution in [-0.4, -0.2) is 45.2 Å². The summed E-state index contributed by atoms with van der Waals surface area (Å²) in [5.41, 5.74) is 0.810. The van der Waals surface area contributed by atoms with Crippen molar-refractivity contribution in [1.29, 1.82) is 0 Å². The van der Waals surface area contributed by atoms with Crippen molar-refractivity contribution >= 4 is 38.8 Å². The first-order valence-electron chi connectivity index (χ1n) is 11.8. The summed E-state index contributed by atoms with van der Waals surface area (Å²) in [6, 6.07) is 10.3. The van der Waals surface area contributed by atoms with Gasteiger partial charge in [-0.25, -0.2) is 0 Å². The van der Waals surface area contributed by atoms with Crippen LogP contribution >= 0.6 is 11.6 Å². The summed E-state index contributed by atoms with van der Waals surface area (Å²) in [7, 11) is 0. The normalized spacial score (nSPS) is 18.8. The molecular formula is C26H24ClCoF3N4O2. The van der Waals surface area contributed by atoms with Gasteiger partial charge in [-0.3, -0.25) is 4.90 Å². The number of halogens is 4. The number of piperidine rings is 1. The molecule has 0 radical (unpaired) electrons. The Morgan fingerprint density at radius 1 is 1.11 bits per heavy atom. The molecule has 2 N–H and O–H groups in total. The SMILES string of the molecule is O=C1N[C](=[Co])CCN1c1cnc2ccc(C3(O)CCN(Cc4ccc(C(F)(F)F)cc4)CC3)c(Cl)c2c1. The maximum absolute atomic E-state index is 12.8. The average molecular weight is 576 g/mol. The molecule has 2 aliphatic rings. The molecule has 197 valence electrons. The third kappa shape index (κ3) is 5.39. The van der Waals surface area contributed by atoms with Gasteiger partial charge in [0.05, 0.1) is 5.56 Å². The van der Waals surface area contributed by atoms with Gasteiger partial charge >= 0.3 is 165 Å². The van der Waals surface area contributed by atoms with E-state index in [1.165, 1.54) is 12.1 Å². The van der Waals surface area contributed by atoms with Crippen LogP contribution in [0.5, 0.6) is 0 Å². The van der Waals surface area contributed by atoms with Crippen LogP contribution in [0.15, 0.2) is 48.7 Å². The van der Waals surface area contributed by atoms with Gasteiger partial charge in [-0.2, -0.15) is 13.2 Å². The minimum absolute atomic E-state index is 0.290. The van der Waals surface area contributed by atoms with Crippen LogP contribution < -0.4 is 10.2 Å². The van der Waals surface area contributed by atoms with Crippen molar-refractivity contribution in [2.75, 3.05) is 24.5 Å². The van der Waals surface area contributed by atoms with Gasteiger partial charge in [0.1, 0.15) is 0 Å². The Balaban J connectivity index is 1.32. The van der Waals surface area contributed by atoms with E-state index in [2.05, 4.69) is 30.5 Å². The number of aliphatic hydroxyl groups is 1. The fourth-order valence-electron chi connectivity index (χ4n) is 4.86. The van der Waals surface area contributed by atoms with Crippen molar-refractivity contribution in [2.45, 2.75) is 37.6 Å². The number of urea groups is 1. The summed E-state index contributed by atoms with van der Waals surface area (Å²) < 4.78 is 39.1. The number of rotatable bonds is 4. The molecule has 2 amide bonds. The van der Waals surface area contributed by atoms with E-state index in [1.54, 1.807) is 23.2 Å². The molecule has 2 aliphatic heterocycles. The van der Waals surface area contributed by atoms with E-state index >= 15 is 0 Å². The van der Waals surface area contributed by atoms with Crippen molar-refractivity contribution in [3.63, 3.8) is 0 Å². The van der Waals surface area contributed by atoms with E-state index in [0.29, 0.717) is 77.2 Å². The van der Waals surface area contributed by atoms with Crippen molar-refractivity contribution < 1.29 is 38.4 Å². The number of likely N-dealkylation sites (tertiary alicyclic amines) is 1. The number of pyridine rings is 1. The average Bonchev–Trinajstić information content (AvgIpc) is 2.85. The zero-order valence-corrected chi connectivity index (χ0v) is 21.4. The molecule has 3 heterocycles. The molecule has 0 saturated carbocycles. The quantitative estimate of drug-likeness (QED) is 0.460. The Kier molecular flexibility index (Phi) is 7.05. The Morgan fingerprint density at radius 2 is 1.81 bits per heavy atom. The molecule has 0 atom stereocenters. The standard InChI is InChI=1S/C26H24ClF3N4O2.Co/c27-23-20-14-19(34-11-1-10-31-24(34)35)15-32-22(20)7-6-21(23)25(36)8-12-33(13-9-25)16-17-2-4-18(5-3-17)26(28,29)30;/h2-7,14-15,36H,1,8-9,11-13,16H2,(H,31,35);. The summed E-state index contributed by atoms with van der Waals surface area (Å²) in [5.74, 6) is 0. The van der Waals surface area contributed by atoms with Gasteiger partial charge in [0, 0.05) is 6.54 Å². The zero-order chi connectivity index (χ0) is 26.4. The molecule has 0 spiro atoms. The van der Waals surface area contributed by atoms with Crippen LogP contribution in [0, 0.1) is 0 Å². The summed E-state index contributed by atoms with van der Waals surface area (Å²) in [4.78, 5) is 20.5. The van der Waals surface area contributed by atoms with Gasteiger partial charge < -0.3 is 0 Å². The van der Waals surface area contributed by atoms with E-state index in [9.17, 15) is 23.1 Å². The number of aromatic nitrogens is 1. The minimum atomic E-state index is -4.36. The summed E-state index contributed by atoms with van der Waals surface area (Å²) in [6.07, 6.45) is -1.30. The number of hydrogen-bond donors (Lipinski definition) is 2. The molecule has 37 heavy (non-hydrogen) atoms. The van der Waals surface area contributed by atoms with Gasteiger partial charge in [0.2, 0.25) is 0 Å². The molecule has 2 aromatic carbocycles. The number of nitrogens with one attached hydrogen (secondary N) is 1. The number of alkyl halides is 3. The molecule has 6 nitrogen and oxygen atoms in total. The van der Waals surface area contributed by atoms with Crippen molar-refractivity contribution in [3.05, 3.63) is 70.4 Å². The molecule has 2 fully saturated rings. The summed E-state index contributed by atoms with van der Waals surface area (Å²) >= 11 is 11.1. The van der Waals surface area contributed by atoms with Crippen LogP contribution in [0.2, 0.25) is 5.02 Å². The van der Waals surface area contributed by atoms with Crippen molar-refractivity contribution in [2.24, 2.45) is 0 Å². The third-order valence-corrected chi connectivity index (χ3v) is 7.79. The number of fused-ring (bicyclic) bond motifs is 1. The second-order valence-electron chi connectivity index (χ2n) is 9.40. The molecular weight excluding hydrogens is 552 g/mol. The molecule has 5 rings (SSSR count). The molecule has 1 aromatic heterocycles. The summed E-state index contributed by atoms with van der Waals surface area (Å²) in [6.45, 7) is 2.07. The Morgan fingerprint density at radius 3 is 2.46 bits per heavy atom. The maximum atomic E-state index is 12.8. The van der Waals surface area contributed by atoms with Crippen LogP contribution in [0.3, 0.4) is 0 Å². The number of carbonyl (C=O) groups excluding carboxylic acids is 1. The fourth-order valence-corrected chi connectivity index (χ4v) is 5.48. The molecule has 0 aliphatic carbocycles. The zero-order valence-electron chi connectivity index (χ0n) is 19.6. The van der Waals surface area contributed by atoms with E-state index < -0.39 is 17.3 Å². The van der Waals surface area contributed by atoms with E-state index in [4.69, 9.17) is 11.6 Å². The van der Waals surface area contributed by atoms with Crippen molar-refractivity contribution in [1.82, 2.24) is 15.2 Å². The Bertz CT molecular complexity index is 1360. The molecule has 0 unspecified atom stereocenters. The van der Waals surface area contributed by atoms with Crippen molar-refractivity contribution in [3.8, 4) is 0 Å². The number of amides is 2. The van der Waals surface area contributed by atoms with E-state index in [0.717, 1.165) is 17.7 Å². The van der Waals surface area contributed by atoms with Crippen LogP contribution in [-0.2, 0) is 33.6 Å². The van der Waals surface area contributed by atoms with Gasteiger partial charge in [0.25, 0.3) is 0 Å². The molecule has 11 heteroatoms. The van der Waals surface area contributed by atoms with Crippen LogP contribution in [0.25, 0.3) is 10.9 Å². The topological polar surface area (TPSA) is 68.7 Å².